The molecule has 1 N–H and O–H groups in total. The molecule has 0 radical (unpaired) electrons. The van der Waals surface area contributed by atoms with Crippen LogP contribution >= 0.6 is 0 Å². The summed E-state index contributed by atoms with van der Waals surface area (Å²) >= 11 is 0. The lowest BCUT2D eigenvalue weighted by Crippen LogP contribution is -2.20. The zero-order chi connectivity index (χ0) is 19.7. The zero-order valence-electron chi connectivity index (χ0n) is 15.7. The van der Waals surface area contributed by atoms with E-state index in [2.05, 4.69) is 31.6 Å². The van der Waals surface area contributed by atoms with E-state index < -0.39 is 0 Å². The van der Waals surface area contributed by atoms with Crippen molar-refractivity contribution in [2.75, 3.05) is 11.9 Å². The third-order valence-corrected chi connectivity index (χ3v) is 4.38. The molecule has 4 rings (SSSR count). The van der Waals surface area contributed by atoms with Crippen LogP contribution in [-0.4, -0.2) is 37.2 Å². The van der Waals surface area contributed by atoms with Gasteiger partial charge in [-0.2, -0.15) is 5.10 Å². The number of hydrogen-bond acceptors (Lipinski definition) is 7. The number of aromatic amines is 1. The van der Waals surface area contributed by atoms with Gasteiger partial charge in [0.1, 0.15) is 5.69 Å². The van der Waals surface area contributed by atoms with Crippen LogP contribution in [0.4, 0.5) is 5.95 Å². The van der Waals surface area contributed by atoms with Gasteiger partial charge < -0.3 is 9.42 Å². The van der Waals surface area contributed by atoms with Crippen LogP contribution < -0.4 is 10.5 Å². The highest BCUT2D eigenvalue weighted by molar-refractivity contribution is 5.59. The number of aryl methyl sites for hydroxylation is 1. The van der Waals surface area contributed by atoms with Crippen molar-refractivity contribution in [2.24, 2.45) is 7.05 Å². The van der Waals surface area contributed by atoms with Gasteiger partial charge in [-0.3, -0.25) is 9.36 Å². The van der Waals surface area contributed by atoms with Crippen LogP contribution in [-0.2, 0) is 13.6 Å². The Morgan fingerprint density at radius 2 is 2.04 bits per heavy atom. The Morgan fingerprint density at radius 3 is 2.82 bits per heavy atom. The lowest BCUT2D eigenvalue weighted by molar-refractivity contribution is 0.423. The number of anilines is 1. The van der Waals surface area contributed by atoms with Crippen LogP contribution in [0.1, 0.15) is 11.3 Å². The van der Waals surface area contributed by atoms with E-state index in [1.807, 2.05) is 50.2 Å². The second kappa shape index (κ2) is 7.10. The van der Waals surface area contributed by atoms with Crippen molar-refractivity contribution in [1.82, 2.24) is 30.1 Å². The summed E-state index contributed by atoms with van der Waals surface area (Å²) in [5.74, 6) is 1.91. The summed E-state index contributed by atoms with van der Waals surface area (Å²) < 4.78 is 7.30. The molecule has 0 spiro atoms. The number of hydrogen-bond donors (Lipinski definition) is 1. The number of H-pyrrole nitrogens is 1. The minimum atomic E-state index is -0.290. The van der Waals surface area contributed by atoms with Gasteiger partial charge in [0.2, 0.25) is 5.95 Å². The molecule has 0 fully saturated rings. The standard InChI is InChI=1S/C19H19N7O2/c1-12-5-4-6-13(7-12)16-9-15(24-28-16)11-25(2)19-23-22-18(26(19)3)14-8-17(27)21-20-10-14/h4-10H,11H2,1-3H3,(H,21,27). The van der Waals surface area contributed by atoms with Crippen molar-refractivity contribution in [3.8, 4) is 22.7 Å². The molecule has 4 aromatic rings. The minimum absolute atomic E-state index is 0.290. The number of rotatable bonds is 5. The third kappa shape index (κ3) is 3.41. The van der Waals surface area contributed by atoms with Crippen molar-refractivity contribution in [1.29, 1.82) is 0 Å². The molecule has 0 aliphatic rings. The first-order valence-corrected chi connectivity index (χ1v) is 8.69. The molecular formula is C19H19N7O2. The molecular weight excluding hydrogens is 358 g/mol. The van der Waals surface area contributed by atoms with E-state index in [9.17, 15) is 4.79 Å². The van der Waals surface area contributed by atoms with Crippen molar-refractivity contribution in [3.63, 3.8) is 0 Å². The topological polar surface area (TPSA) is 106 Å². The Bertz CT molecular complexity index is 1170. The summed E-state index contributed by atoms with van der Waals surface area (Å²) in [5, 5.41) is 18.7. The molecule has 9 nitrogen and oxygen atoms in total. The van der Waals surface area contributed by atoms with E-state index in [0.717, 1.165) is 22.6 Å². The van der Waals surface area contributed by atoms with E-state index in [1.165, 1.54) is 6.07 Å². The Kier molecular flexibility index (Phi) is 4.48. The molecule has 0 amide bonds. The molecule has 0 saturated heterocycles. The second-order valence-electron chi connectivity index (χ2n) is 6.62. The maximum absolute atomic E-state index is 11.5. The first-order valence-electron chi connectivity index (χ1n) is 8.69. The highest BCUT2D eigenvalue weighted by atomic mass is 16.5. The van der Waals surface area contributed by atoms with E-state index >= 15 is 0 Å². The van der Waals surface area contributed by atoms with Gasteiger partial charge in [0.25, 0.3) is 5.56 Å². The number of benzene rings is 1. The summed E-state index contributed by atoms with van der Waals surface area (Å²) in [6, 6.07) is 11.4. The van der Waals surface area contributed by atoms with Crippen LogP contribution in [0.2, 0.25) is 0 Å². The lowest BCUT2D eigenvalue weighted by Gasteiger charge is -2.16. The van der Waals surface area contributed by atoms with Crippen molar-refractivity contribution < 1.29 is 4.52 Å². The fourth-order valence-electron chi connectivity index (χ4n) is 3.04. The predicted molar refractivity (Wildman–Crippen MR) is 104 cm³/mol. The van der Waals surface area contributed by atoms with Gasteiger partial charge in [0.05, 0.1) is 12.7 Å². The fraction of sp³-hybridized carbons (Fsp3) is 0.211. The largest absolute Gasteiger partial charge is 0.356 e. The zero-order valence-corrected chi connectivity index (χ0v) is 15.7. The summed E-state index contributed by atoms with van der Waals surface area (Å²) in [6.07, 6.45) is 1.54. The third-order valence-electron chi connectivity index (χ3n) is 4.38. The Labute approximate surface area is 160 Å². The summed E-state index contributed by atoms with van der Waals surface area (Å²) in [6.45, 7) is 2.53. The van der Waals surface area contributed by atoms with Crippen molar-refractivity contribution in [2.45, 2.75) is 13.5 Å². The minimum Gasteiger partial charge on any atom is -0.356 e. The van der Waals surface area contributed by atoms with Gasteiger partial charge in [-0.05, 0) is 13.0 Å². The van der Waals surface area contributed by atoms with Gasteiger partial charge >= 0.3 is 0 Å². The second-order valence-corrected chi connectivity index (χ2v) is 6.62. The molecule has 0 aliphatic carbocycles. The molecule has 142 valence electrons. The van der Waals surface area contributed by atoms with Crippen molar-refractivity contribution in [3.05, 3.63) is 64.2 Å². The lowest BCUT2D eigenvalue weighted by atomic mass is 10.1. The maximum atomic E-state index is 11.5. The van der Waals surface area contributed by atoms with E-state index in [0.29, 0.717) is 23.9 Å². The van der Waals surface area contributed by atoms with Crippen LogP contribution in [0.25, 0.3) is 22.7 Å². The number of aromatic nitrogens is 6. The van der Waals surface area contributed by atoms with Gasteiger partial charge in [0, 0.05) is 37.4 Å². The average molecular weight is 377 g/mol. The van der Waals surface area contributed by atoms with Crippen LogP contribution in [0, 0.1) is 6.92 Å². The first kappa shape index (κ1) is 17.7. The smallest absolute Gasteiger partial charge is 0.264 e. The quantitative estimate of drug-likeness (QED) is 0.568. The molecule has 0 saturated carbocycles. The Morgan fingerprint density at radius 1 is 1.18 bits per heavy atom. The van der Waals surface area contributed by atoms with Gasteiger partial charge in [-0.25, -0.2) is 5.10 Å². The Balaban J connectivity index is 1.55. The molecule has 28 heavy (non-hydrogen) atoms. The van der Waals surface area contributed by atoms with Gasteiger partial charge in [-0.1, -0.05) is 28.9 Å². The molecule has 0 atom stereocenters. The van der Waals surface area contributed by atoms with E-state index in [4.69, 9.17) is 4.52 Å². The summed E-state index contributed by atoms with van der Waals surface area (Å²) in [5.41, 5.74) is 3.24. The monoisotopic (exact) mass is 377 g/mol. The normalized spacial score (nSPS) is 11.0. The highest BCUT2D eigenvalue weighted by Gasteiger charge is 2.17. The molecule has 9 heteroatoms. The number of nitrogens with zero attached hydrogens (tertiary/aromatic N) is 6. The molecule has 3 heterocycles. The molecule has 1 aromatic carbocycles. The molecule has 0 aliphatic heterocycles. The highest BCUT2D eigenvalue weighted by Crippen LogP contribution is 2.23. The Hall–Kier alpha value is -3.75. The van der Waals surface area contributed by atoms with E-state index in [-0.39, 0.29) is 5.56 Å². The van der Waals surface area contributed by atoms with Crippen molar-refractivity contribution >= 4 is 5.95 Å². The molecule has 0 unspecified atom stereocenters. The number of nitrogens with one attached hydrogen (secondary N) is 1. The summed E-state index contributed by atoms with van der Waals surface area (Å²) in [4.78, 5) is 13.4. The van der Waals surface area contributed by atoms with E-state index in [1.54, 1.807) is 10.8 Å². The average Bonchev–Trinajstić information content (AvgIpc) is 3.28. The predicted octanol–water partition coefficient (Wildman–Crippen LogP) is 2.17. The van der Waals surface area contributed by atoms with Gasteiger partial charge in [-0.15, -0.1) is 10.2 Å². The SMILES string of the molecule is Cc1cccc(-c2cc(CN(C)c3nnc(-c4cn[nH]c(=O)c4)n3C)no2)c1. The maximum Gasteiger partial charge on any atom is 0.264 e. The van der Waals surface area contributed by atoms with Gasteiger partial charge in [0.15, 0.2) is 11.6 Å². The molecule has 3 aromatic heterocycles. The first-order chi connectivity index (χ1) is 13.5. The van der Waals surface area contributed by atoms with Crippen LogP contribution in [0.15, 0.2) is 51.9 Å². The summed E-state index contributed by atoms with van der Waals surface area (Å²) in [7, 11) is 3.73. The molecule has 0 bridgehead atoms. The fourth-order valence-corrected chi connectivity index (χ4v) is 3.04. The van der Waals surface area contributed by atoms with Crippen LogP contribution in [0.5, 0.6) is 0 Å². The van der Waals surface area contributed by atoms with Crippen LogP contribution in [0.3, 0.4) is 0 Å².